The molecule has 0 aliphatic heterocycles. The van der Waals surface area contributed by atoms with Crippen LogP contribution in [0.25, 0.3) is 0 Å². The van der Waals surface area contributed by atoms with Crippen molar-refractivity contribution in [2.45, 2.75) is 6.92 Å². The average molecular weight is 195 g/mol. The van der Waals surface area contributed by atoms with Gasteiger partial charge < -0.3 is 14.4 Å². The van der Waals surface area contributed by atoms with Crippen LogP contribution in [-0.4, -0.2) is 28.3 Å². The minimum atomic E-state index is 0.855. The van der Waals surface area contributed by atoms with Crippen LogP contribution in [-0.2, 0) is 0 Å². The Morgan fingerprint density at radius 1 is 1.00 bits per heavy atom. The van der Waals surface area contributed by atoms with Crippen molar-refractivity contribution in [3.05, 3.63) is 17.7 Å². The van der Waals surface area contributed by atoms with Crippen molar-refractivity contribution >= 4 is 5.69 Å². The molecule has 0 bridgehead atoms. The average Bonchev–Trinajstić information content (AvgIpc) is 2.17. The van der Waals surface area contributed by atoms with Crippen molar-refractivity contribution in [3.63, 3.8) is 0 Å². The van der Waals surface area contributed by atoms with Crippen LogP contribution in [0.2, 0.25) is 0 Å². The molecule has 14 heavy (non-hydrogen) atoms. The molecule has 1 aromatic rings. The van der Waals surface area contributed by atoms with E-state index in [0.717, 1.165) is 22.7 Å². The summed E-state index contributed by atoms with van der Waals surface area (Å²) in [6, 6.07) is 4.00. The van der Waals surface area contributed by atoms with Crippen LogP contribution in [0.5, 0.6) is 11.5 Å². The summed E-state index contributed by atoms with van der Waals surface area (Å²) in [6.07, 6.45) is 0. The van der Waals surface area contributed by atoms with Crippen LogP contribution in [0.3, 0.4) is 0 Å². The maximum Gasteiger partial charge on any atom is 0.127 e. The second-order valence-corrected chi connectivity index (χ2v) is 3.37. The molecular weight excluding hydrogens is 178 g/mol. The Hall–Kier alpha value is -1.38. The summed E-state index contributed by atoms with van der Waals surface area (Å²) in [7, 11) is 7.32. The summed E-state index contributed by atoms with van der Waals surface area (Å²) in [6.45, 7) is 1.98. The van der Waals surface area contributed by atoms with Gasteiger partial charge in [0.1, 0.15) is 11.5 Å². The zero-order chi connectivity index (χ0) is 10.7. The van der Waals surface area contributed by atoms with Gasteiger partial charge in [0.2, 0.25) is 0 Å². The number of rotatable bonds is 3. The Balaban J connectivity index is 3.25. The van der Waals surface area contributed by atoms with Crippen molar-refractivity contribution < 1.29 is 9.47 Å². The fraction of sp³-hybridized carbons (Fsp3) is 0.455. The molecule has 0 aromatic heterocycles. The van der Waals surface area contributed by atoms with E-state index in [1.54, 1.807) is 14.2 Å². The highest BCUT2D eigenvalue weighted by molar-refractivity contribution is 5.59. The minimum Gasteiger partial charge on any atom is -0.496 e. The van der Waals surface area contributed by atoms with E-state index >= 15 is 0 Å². The Kier molecular flexibility index (Phi) is 3.23. The molecule has 0 amide bonds. The lowest BCUT2D eigenvalue weighted by Gasteiger charge is -2.17. The number of benzene rings is 1. The summed E-state index contributed by atoms with van der Waals surface area (Å²) in [5.74, 6) is 1.71. The number of ether oxygens (including phenoxy) is 2. The van der Waals surface area contributed by atoms with E-state index in [0.29, 0.717) is 0 Å². The van der Waals surface area contributed by atoms with Crippen molar-refractivity contribution in [1.29, 1.82) is 0 Å². The van der Waals surface area contributed by atoms with E-state index in [1.165, 1.54) is 0 Å². The predicted molar refractivity (Wildman–Crippen MR) is 58.6 cm³/mol. The van der Waals surface area contributed by atoms with E-state index in [2.05, 4.69) is 0 Å². The number of hydrogen-bond acceptors (Lipinski definition) is 3. The summed E-state index contributed by atoms with van der Waals surface area (Å²) < 4.78 is 10.5. The first-order chi connectivity index (χ1) is 6.60. The second-order valence-electron chi connectivity index (χ2n) is 3.37. The molecule has 0 fully saturated rings. The summed E-state index contributed by atoms with van der Waals surface area (Å²) >= 11 is 0. The van der Waals surface area contributed by atoms with Crippen molar-refractivity contribution in [2.24, 2.45) is 0 Å². The molecule has 0 aliphatic carbocycles. The van der Waals surface area contributed by atoms with Gasteiger partial charge in [-0.3, -0.25) is 0 Å². The smallest absolute Gasteiger partial charge is 0.127 e. The third-order valence-corrected chi connectivity index (χ3v) is 2.25. The molecule has 1 aromatic carbocycles. The fourth-order valence-corrected chi connectivity index (χ4v) is 1.33. The predicted octanol–water partition coefficient (Wildman–Crippen LogP) is 2.08. The van der Waals surface area contributed by atoms with Crippen LogP contribution >= 0.6 is 0 Å². The van der Waals surface area contributed by atoms with E-state index in [-0.39, 0.29) is 0 Å². The summed E-state index contributed by atoms with van der Waals surface area (Å²) in [5, 5.41) is 0. The second kappa shape index (κ2) is 4.22. The summed E-state index contributed by atoms with van der Waals surface area (Å²) in [4.78, 5) is 2.02. The monoisotopic (exact) mass is 195 g/mol. The van der Waals surface area contributed by atoms with Crippen LogP contribution in [0.1, 0.15) is 5.56 Å². The Labute approximate surface area is 85.2 Å². The van der Waals surface area contributed by atoms with Gasteiger partial charge in [-0.1, -0.05) is 0 Å². The van der Waals surface area contributed by atoms with E-state index in [4.69, 9.17) is 9.47 Å². The van der Waals surface area contributed by atoms with Gasteiger partial charge in [0, 0.05) is 37.5 Å². The molecule has 0 unspecified atom stereocenters. The van der Waals surface area contributed by atoms with Crippen LogP contribution in [0.15, 0.2) is 12.1 Å². The van der Waals surface area contributed by atoms with Gasteiger partial charge in [-0.25, -0.2) is 0 Å². The first-order valence-electron chi connectivity index (χ1n) is 4.50. The van der Waals surface area contributed by atoms with Gasteiger partial charge >= 0.3 is 0 Å². The molecule has 0 saturated heterocycles. The molecule has 0 atom stereocenters. The lowest BCUT2D eigenvalue weighted by Crippen LogP contribution is -2.09. The number of hydrogen-bond donors (Lipinski definition) is 0. The Bertz CT molecular complexity index is 296. The van der Waals surface area contributed by atoms with Gasteiger partial charge in [0.15, 0.2) is 0 Å². The van der Waals surface area contributed by atoms with E-state index < -0.39 is 0 Å². The highest BCUT2D eigenvalue weighted by atomic mass is 16.5. The number of methoxy groups -OCH3 is 2. The van der Waals surface area contributed by atoms with Gasteiger partial charge in [-0.05, 0) is 6.92 Å². The van der Waals surface area contributed by atoms with Gasteiger partial charge in [-0.15, -0.1) is 0 Å². The molecule has 0 radical (unpaired) electrons. The standard InChI is InChI=1S/C11H17NO2/c1-8-10(13-4)6-9(12(2)3)7-11(8)14-5/h6-7H,1-5H3. The Morgan fingerprint density at radius 2 is 1.43 bits per heavy atom. The van der Waals surface area contributed by atoms with Crippen molar-refractivity contribution in [1.82, 2.24) is 0 Å². The zero-order valence-corrected chi connectivity index (χ0v) is 9.42. The van der Waals surface area contributed by atoms with Gasteiger partial charge in [0.25, 0.3) is 0 Å². The zero-order valence-electron chi connectivity index (χ0n) is 9.42. The molecule has 3 nitrogen and oxygen atoms in total. The minimum absolute atomic E-state index is 0.855. The third kappa shape index (κ3) is 1.92. The van der Waals surface area contributed by atoms with E-state index in [1.807, 2.05) is 38.1 Å². The van der Waals surface area contributed by atoms with Crippen LogP contribution < -0.4 is 14.4 Å². The van der Waals surface area contributed by atoms with E-state index in [9.17, 15) is 0 Å². The number of anilines is 1. The lowest BCUT2D eigenvalue weighted by atomic mass is 10.1. The normalized spacial score (nSPS) is 9.79. The van der Waals surface area contributed by atoms with Crippen molar-refractivity contribution in [2.75, 3.05) is 33.2 Å². The molecule has 0 N–H and O–H groups in total. The lowest BCUT2D eigenvalue weighted by molar-refractivity contribution is 0.389. The van der Waals surface area contributed by atoms with Gasteiger partial charge in [0.05, 0.1) is 14.2 Å². The fourth-order valence-electron chi connectivity index (χ4n) is 1.33. The molecule has 3 heteroatoms. The molecule has 0 heterocycles. The molecule has 0 saturated carbocycles. The van der Waals surface area contributed by atoms with Crippen molar-refractivity contribution in [3.8, 4) is 11.5 Å². The van der Waals surface area contributed by atoms with Crippen LogP contribution in [0, 0.1) is 6.92 Å². The number of nitrogens with zero attached hydrogens (tertiary/aromatic N) is 1. The molecule has 1 rings (SSSR count). The molecule has 78 valence electrons. The van der Waals surface area contributed by atoms with Gasteiger partial charge in [-0.2, -0.15) is 0 Å². The highest BCUT2D eigenvalue weighted by Crippen LogP contribution is 2.32. The quantitative estimate of drug-likeness (QED) is 0.737. The topological polar surface area (TPSA) is 21.7 Å². The SMILES string of the molecule is COc1cc(N(C)C)cc(OC)c1C. The maximum atomic E-state index is 5.27. The first-order valence-corrected chi connectivity index (χ1v) is 4.50. The Morgan fingerprint density at radius 3 is 1.71 bits per heavy atom. The largest absolute Gasteiger partial charge is 0.496 e. The molecule has 0 aliphatic rings. The third-order valence-electron chi connectivity index (χ3n) is 2.25. The molecule has 0 spiro atoms. The van der Waals surface area contributed by atoms with Crippen LogP contribution in [0.4, 0.5) is 5.69 Å². The first kappa shape index (κ1) is 10.7. The molecular formula is C11H17NO2. The maximum absolute atomic E-state index is 5.27. The summed E-state index contributed by atoms with van der Waals surface area (Å²) in [5.41, 5.74) is 2.10. The highest BCUT2D eigenvalue weighted by Gasteiger charge is 2.08.